The number of thioether (sulfide) groups is 1. The maximum absolute atomic E-state index is 12.0. The van der Waals surface area contributed by atoms with E-state index in [4.69, 9.17) is 12.2 Å². The molecule has 0 bridgehead atoms. The SMILES string of the molecule is CC(C)c1cc(/C=C2/SC(=S)NC2=O)cc(Br)c(=O)c1O. The van der Waals surface area contributed by atoms with E-state index in [1.807, 2.05) is 13.8 Å². The van der Waals surface area contributed by atoms with E-state index < -0.39 is 5.43 Å². The van der Waals surface area contributed by atoms with Crippen molar-refractivity contribution in [2.75, 3.05) is 0 Å². The topological polar surface area (TPSA) is 66.4 Å². The number of rotatable bonds is 2. The number of hydrogen-bond donors (Lipinski definition) is 2. The van der Waals surface area contributed by atoms with Gasteiger partial charge >= 0.3 is 0 Å². The summed E-state index contributed by atoms with van der Waals surface area (Å²) in [5.41, 5.74) is 0.705. The van der Waals surface area contributed by atoms with Crippen LogP contribution in [0.15, 0.2) is 26.3 Å². The molecule has 0 unspecified atom stereocenters. The molecule has 1 fully saturated rings. The number of thiocarbonyl (C=S) groups is 1. The second-order valence-electron chi connectivity index (χ2n) is 4.78. The quantitative estimate of drug-likeness (QED) is 0.604. The lowest BCUT2D eigenvalue weighted by atomic mass is 10.0. The van der Waals surface area contributed by atoms with Gasteiger partial charge in [-0.05, 0) is 45.6 Å². The smallest absolute Gasteiger partial charge is 0.263 e. The Labute approximate surface area is 139 Å². The van der Waals surface area contributed by atoms with Crippen molar-refractivity contribution in [2.24, 2.45) is 0 Å². The molecule has 2 rings (SSSR count). The Hall–Kier alpha value is -1.18. The standard InChI is InChI=1S/C14H12BrNO3S2/c1-6(2)8-3-7(4-9(15)12(18)11(8)17)5-10-13(19)16-14(20)21-10/h3-6H,1-2H3,(H,17,18)(H,16,19,20)/b10-5+. The molecule has 1 aromatic rings. The number of halogens is 1. The summed E-state index contributed by atoms with van der Waals surface area (Å²) in [6.07, 6.45) is 1.65. The van der Waals surface area contributed by atoms with Crippen molar-refractivity contribution >= 4 is 56.2 Å². The Kier molecular flexibility index (Phi) is 4.85. The van der Waals surface area contributed by atoms with Crippen LogP contribution in [-0.2, 0) is 4.79 Å². The molecule has 1 aliphatic rings. The fourth-order valence-electron chi connectivity index (χ4n) is 1.84. The van der Waals surface area contributed by atoms with Gasteiger partial charge in [0.15, 0.2) is 5.75 Å². The van der Waals surface area contributed by atoms with Gasteiger partial charge in [0.2, 0.25) is 5.43 Å². The third-order valence-corrected chi connectivity index (χ3v) is 4.63. The Balaban J connectivity index is 2.63. The second kappa shape index (κ2) is 6.29. The maximum Gasteiger partial charge on any atom is 0.263 e. The molecule has 4 nitrogen and oxygen atoms in total. The van der Waals surface area contributed by atoms with Gasteiger partial charge in [0.05, 0.1) is 9.38 Å². The molecule has 1 heterocycles. The first-order chi connectivity index (χ1) is 9.79. The van der Waals surface area contributed by atoms with Gasteiger partial charge in [0.25, 0.3) is 5.91 Å². The molecular weight excluding hydrogens is 374 g/mol. The Morgan fingerprint density at radius 3 is 2.57 bits per heavy atom. The fourth-order valence-corrected chi connectivity index (χ4v) is 3.34. The zero-order valence-electron chi connectivity index (χ0n) is 11.3. The monoisotopic (exact) mass is 385 g/mol. The minimum absolute atomic E-state index is 0.0275. The van der Waals surface area contributed by atoms with Crippen molar-refractivity contribution in [3.05, 3.63) is 42.9 Å². The van der Waals surface area contributed by atoms with Crippen LogP contribution in [0.2, 0.25) is 0 Å². The van der Waals surface area contributed by atoms with Gasteiger partial charge in [-0.3, -0.25) is 9.59 Å². The van der Waals surface area contributed by atoms with E-state index in [2.05, 4.69) is 21.2 Å². The van der Waals surface area contributed by atoms with Crippen LogP contribution in [0.5, 0.6) is 5.75 Å². The molecule has 1 aromatic carbocycles. The van der Waals surface area contributed by atoms with Crippen LogP contribution in [0.25, 0.3) is 6.08 Å². The van der Waals surface area contributed by atoms with Crippen LogP contribution >= 0.6 is 39.9 Å². The Morgan fingerprint density at radius 1 is 1.38 bits per heavy atom. The molecule has 0 saturated carbocycles. The lowest BCUT2D eigenvalue weighted by Crippen LogP contribution is -2.17. The summed E-state index contributed by atoms with van der Waals surface area (Å²) in [7, 11) is 0. The molecular formula is C14H12BrNO3S2. The molecule has 0 radical (unpaired) electrons. The van der Waals surface area contributed by atoms with Gasteiger partial charge in [0, 0.05) is 5.56 Å². The largest absolute Gasteiger partial charge is 0.504 e. The molecule has 1 aliphatic heterocycles. The highest BCUT2D eigenvalue weighted by Crippen LogP contribution is 2.29. The average Bonchev–Trinajstić information content (AvgIpc) is 2.66. The first-order valence-corrected chi connectivity index (χ1v) is 8.13. The predicted molar refractivity (Wildman–Crippen MR) is 92.5 cm³/mol. The molecule has 1 amide bonds. The van der Waals surface area contributed by atoms with E-state index in [0.29, 0.717) is 20.4 Å². The van der Waals surface area contributed by atoms with Crippen LogP contribution in [0.1, 0.15) is 30.9 Å². The van der Waals surface area contributed by atoms with Gasteiger partial charge in [-0.1, -0.05) is 37.8 Å². The van der Waals surface area contributed by atoms with E-state index in [0.717, 1.165) is 0 Å². The molecule has 1 saturated heterocycles. The molecule has 2 N–H and O–H groups in total. The first-order valence-electron chi connectivity index (χ1n) is 6.11. The highest BCUT2D eigenvalue weighted by molar-refractivity contribution is 9.10. The number of carbonyl (C=O) groups is 1. The summed E-state index contributed by atoms with van der Waals surface area (Å²) in [5.74, 6) is -0.564. The predicted octanol–water partition coefficient (Wildman–Crippen LogP) is 3.13. The molecule has 110 valence electrons. The molecule has 7 heteroatoms. The lowest BCUT2D eigenvalue weighted by Gasteiger charge is -2.04. The number of hydrogen-bond acceptors (Lipinski definition) is 5. The van der Waals surface area contributed by atoms with E-state index in [1.54, 1.807) is 18.2 Å². The van der Waals surface area contributed by atoms with Crippen LogP contribution in [0, 0.1) is 0 Å². The van der Waals surface area contributed by atoms with Crippen molar-refractivity contribution < 1.29 is 9.90 Å². The van der Waals surface area contributed by atoms with E-state index in [-0.39, 0.29) is 22.0 Å². The molecule has 21 heavy (non-hydrogen) atoms. The lowest BCUT2D eigenvalue weighted by molar-refractivity contribution is -0.115. The second-order valence-corrected chi connectivity index (χ2v) is 7.35. The average molecular weight is 386 g/mol. The molecule has 0 atom stereocenters. The summed E-state index contributed by atoms with van der Waals surface area (Å²) in [4.78, 5) is 24.1. The number of amides is 1. The van der Waals surface area contributed by atoms with Crippen molar-refractivity contribution in [1.82, 2.24) is 5.32 Å². The zero-order chi connectivity index (χ0) is 15.7. The maximum atomic E-state index is 12.0. The van der Waals surface area contributed by atoms with E-state index in [9.17, 15) is 14.7 Å². The highest BCUT2D eigenvalue weighted by Gasteiger charge is 2.22. The van der Waals surface area contributed by atoms with Crippen molar-refractivity contribution in [2.45, 2.75) is 19.8 Å². The number of nitrogens with one attached hydrogen (secondary N) is 1. The third kappa shape index (κ3) is 3.53. The number of aromatic hydroxyl groups is 1. The van der Waals surface area contributed by atoms with Gasteiger partial charge in [0.1, 0.15) is 4.32 Å². The molecule has 0 spiro atoms. The summed E-state index contributed by atoms with van der Waals surface area (Å²) in [6.45, 7) is 3.76. The highest BCUT2D eigenvalue weighted by atomic mass is 79.9. The van der Waals surface area contributed by atoms with E-state index >= 15 is 0 Å². The Morgan fingerprint density at radius 2 is 2.05 bits per heavy atom. The summed E-state index contributed by atoms with van der Waals surface area (Å²) in [5, 5.41) is 12.6. The Bertz CT molecular complexity index is 729. The summed E-state index contributed by atoms with van der Waals surface area (Å²) < 4.78 is 0.645. The first kappa shape index (κ1) is 16.2. The van der Waals surface area contributed by atoms with Gasteiger partial charge in [-0.2, -0.15) is 0 Å². The van der Waals surface area contributed by atoms with Crippen LogP contribution in [0.3, 0.4) is 0 Å². The van der Waals surface area contributed by atoms with Gasteiger partial charge in [-0.15, -0.1) is 0 Å². The van der Waals surface area contributed by atoms with Gasteiger partial charge < -0.3 is 10.4 Å². The molecule has 0 aromatic heterocycles. The number of carbonyl (C=O) groups excluding carboxylic acids is 1. The minimum Gasteiger partial charge on any atom is -0.504 e. The van der Waals surface area contributed by atoms with E-state index in [1.165, 1.54) is 11.8 Å². The normalized spacial score (nSPS) is 16.7. The minimum atomic E-state index is -0.470. The fraction of sp³-hybridized carbons (Fsp3) is 0.214. The summed E-state index contributed by atoms with van der Waals surface area (Å²) >= 11 is 9.26. The summed E-state index contributed by atoms with van der Waals surface area (Å²) in [6, 6.07) is 3.28. The molecule has 0 aliphatic carbocycles. The zero-order valence-corrected chi connectivity index (χ0v) is 14.5. The van der Waals surface area contributed by atoms with Crippen LogP contribution < -0.4 is 10.7 Å². The van der Waals surface area contributed by atoms with Gasteiger partial charge in [-0.25, -0.2) is 0 Å². The van der Waals surface area contributed by atoms with Crippen LogP contribution in [-0.4, -0.2) is 15.3 Å². The van der Waals surface area contributed by atoms with Crippen molar-refractivity contribution in [1.29, 1.82) is 0 Å². The van der Waals surface area contributed by atoms with Crippen molar-refractivity contribution in [3.63, 3.8) is 0 Å². The van der Waals surface area contributed by atoms with Crippen molar-refractivity contribution in [3.8, 4) is 5.75 Å². The van der Waals surface area contributed by atoms with Crippen LogP contribution in [0.4, 0.5) is 0 Å². The third-order valence-electron chi connectivity index (χ3n) is 2.88.